The predicted octanol–water partition coefficient (Wildman–Crippen LogP) is 5.00. The van der Waals surface area contributed by atoms with Crippen LogP contribution < -0.4 is 0 Å². The number of halogens is 17. The number of benzene rings is 1. The Hall–Kier alpha value is -2.59. The fourth-order valence-corrected chi connectivity index (χ4v) is 3.27. The van der Waals surface area contributed by atoms with Gasteiger partial charge >= 0.3 is 51.1 Å². The maximum absolute atomic E-state index is 13.9. The van der Waals surface area contributed by atoms with E-state index in [2.05, 4.69) is 4.18 Å². The highest BCUT2D eigenvalue weighted by Crippen LogP contribution is 2.57. The summed E-state index contributed by atoms with van der Waals surface area (Å²) in [7, 11) is -8.90. The van der Waals surface area contributed by atoms with E-state index in [0.717, 1.165) is 0 Å². The highest BCUT2D eigenvalue weighted by Gasteiger charge is 2.87. The maximum Gasteiger partial charge on any atom is 0.460 e. The van der Waals surface area contributed by atoms with E-state index in [9.17, 15) is 87.8 Å². The maximum atomic E-state index is 13.9. The molecule has 0 heterocycles. The second-order valence-electron chi connectivity index (χ2n) is 6.13. The first-order valence-corrected chi connectivity index (χ1v) is 8.96. The number of aliphatic carboxylic acids is 1. The van der Waals surface area contributed by atoms with E-state index < -0.39 is 85.8 Å². The molecule has 0 amide bonds. The van der Waals surface area contributed by atoms with Crippen molar-refractivity contribution >= 4 is 16.1 Å². The van der Waals surface area contributed by atoms with Crippen molar-refractivity contribution in [2.24, 2.45) is 0 Å². The van der Waals surface area contributed by atoms with Crippen LogP contribution in [0.25, 0.3) is 0 Å². The lowest BCUT2D eigenvalue weighted by atomic mass is 9.91. The zero-order valence-electron chi connectivity index (χ0n) is 15.4. The smallest absolute Gasteiger partial charge is 0.460 e. The van der Waals surface area contributed by atoms with Gasteiger partial charge in [-0.3, -0.25) is 0 Å². The van der Waals surface area contributed by atoms with Crippen molar-refractivity contribution in [2.45, 2.75) is 35.1 Å². The quantitative estimate of drug-likeness (QED) is 0.209. The summed E-state index contributed by atoms with van der Waals surface area (Å²) < 4.78 is 249. The van der Waals surface area contributed by atoms with Crippen molar-refractivity contribution < 1.29 is 97.1 Å². The number of hydrogen-bond donors (Lipinski definition) is 1. The second kappa shape index (κ2) is 8.48. The van der Waals surface area contributed by atoms with Gasteiger partial charge in [0.25, 0.3) is 0 Å². The van der Waals surface area contributed by atoms with Gasteiger partial charge in [-0.1, -0.05) is 0 Å². The second-order valence-corrected chi connectivity index (χ2v) is 7.72. The lowest BCUT2D eigenvalue weighted by Crippen LogP contribution is -2.65. The molecule has 1 N–H and O–H groups in total. The molecular weight excluding hydrogens is 591 g/mol. The molecule has 0 saturated heterocycles. The minimum Gasteiger partial charge on any atom is -0.479 e. The molecule has 1 aromatic rings. The van der Waals surface area contributed by atoms with Gasteiger partial charge in [0.05, 0.1) is 5.56 Å². The average molecular weight is 592 g/mol. The molecule has 0 radical (unpaired) electrons. The Morgan fingerprint density at radius 2 is 0.944 bits per heavy atom. The van der Waals surface area contributed by atoms with Gasteiger partial charge in [-0.05, 0) is 0 Å². The summed E-state index contributed by atoms with van der Waals surface area (Å²) in [5.41, 5.74) is -10.9. The Kier molecular flexibility index (Phi) is 7.40. The van der Waals surface area contributed by atoms with Crippen LogP contribution in [0.2, 0.25) is 0 Å². The van der Waals surface area contributed by atoms with Crippen molar-refractivity contribution in [3.63, 3.8) is 0 Å². The van der Waals surface area contributed by atoms with E-state index in [1.54, 1.807) is 0 Å². The van der Waals surface area contributed by atoms with Gasteiger partial charge in [0.1, 0.15) is 0 Å². The monoisotopic (exact) mass is 592 g/mol. The molecule has 0 bridgehead atoms. The normalized spacial score (nSPS) is 16.1. The molecule has 208 valence electrons. The Morgan fingerprint density at radius 1 is 0.611 bits per heavy atom. The number of hydrogen-bond acceptors (Lipinski definition) is 4. The number of rotatable bonds is 7. The average Bonchev–Trinajstić information content (AvgIpc) is 2.67. The third-order valence-corrected chi connectivity index (χ3v) is 5.28. The van der Waals surface area contributed by atoms with Crippen molar-refractivity contribution in [3.8, 4) is 0 Å². The molecule has 0 aliphatic rings. The van der Waals surface area contributed by atoms with Gasteiger partial charge in [-0.25, -0.2) is 30.9 Å². The topological polar surface area (TPSA) is 80.7 Å². The van der Waals surface area contributed by atoms with Crippen LogP contribution in [0.5, 0.6) is 0 Å². The molecule has 23 heteroatoms. The molecule has 5 nitrogen and oxygen atoms in total. The highest BCUT2D eigenvalue weighted by atomic mass is 32.2. The molecule has 0 spiro atoms. The van der Waals surface area contributed by atoms with Crippen LogP contribution >= 0.6 is 0 Å². The number of alkyl halides is 12. The molecule has 0 saturated carbocycles. The zero-order valence-corrected chi connectivity index (χ0v) is 16.2. The van der Waals surface area contributed by atoms with Crippen LogP contribution in [0.4, 0.5) is 74.6 Å². The fraction of sp³-hybridized carbons (Fsp3) is 0.462. The molecule has 0 fully saturated rings. The van der Waals surface area contributed by atoms with Gasteiger partial charge in [0.2, 0.25) is 5.82 Å². The van der Waals surface area contributed by atoms with E-state index >= 15 is 0 Å². The highest BCUT2D eigenvalue weighted by molar-refractivity contribution is 7.87. The minimum atomic E-state index is -8.90. The van der Waals surface area contributed by atoms with Crippen molar-refractivity contribution in [1.82, 2.24) is 0 Å². The van der Waals surface area contributed by atoms with Crippen molar-refractivity contribution in [3.05, 3.63) is 34.6 Å². The lowest BCUT2D eigenvalue weighted by molar-refractivity contribution is -0.383. The third kappa shape index (κ3) is 4.08. The standard InChI is InChI=1S/C13HF17O5S/c14-2-1(3(15)5(17)6(18)4(2)16)8(7(31)32,11(23,24)25)35-36(33,34)13(29,30)10(21,22)9(19,20)12(26,27)28/h(H,31,32). The van der Waals surface area contributed by atoms with Gasteiger partial charge in [-0.2, -0.15) is 61.1 Å². The van der Waals surface area contributed by atoms with Crippen LogP contribution in [-0.4, -0.2) is 48.9 Å². The molecular formula is C13HF17O5S. The molecule has 0 aromatic heterocycles. The van der Waals surface area contributed by atoms with Gasteiger partial charge in [0.15, 0.2) is 23.3 Å². The Balaban J connectivity index is 4.17. The summed E-state index contributed by atoms with van der Waals surface area (Å²) in [5.74, 6) is -39.2. The van der Waals surface area contributed by atoms with E-state index in [1.807, 2.05) is 0 Å². The minimum absolute atomic E-state index is 2.19. The van der Waals surface area contributed by atoms with E-state index in [1.165, 1.54) is 0 Å². The van der Waals surface area contributed by atoms with Crippen molar-refractivity contribution in [2.75, 3.05) is 0 Å². The summed E-state index contributed by atoms with van der Waals surface area (Å²) in [6.07, 6.45) is -15.3. The first-order chi connectivity index (χ1) is 15.6. The van der Waals surface area contributed by atoms with Gasteiger partial charge in [-0.15, -0.1) is 0 Å². The van der Waals surface area contributed by atoms with Crippen LogP contribution in [-0.2, 0) is 24.7 Å². The zero-order chi connectivity index (χ0) is 29.2. The van der Waals surface area contributed by atoms with E-state index in [-0.39, 0.29) is 0 Å². The molecule has 1 rings (SSSR count). The molecule has 1 atom stereocenters. The number of carboxylic acids is 1. The van der Waals surface area contributed by atoms with Crippen LogP contribution in [0.1, 0.15) is 5.56 Å². The van der Waals surface area contributed by atoms with E-state index in [4.69, 9.17) is 5.11 Å². The first-order valence-electron chi connectivity index (χ1n) is 7.55. The number of carbonyl (C=O) groups is 1. The lowest BCUT2D eigenvalue weighted by Gasteiger charge is -2.36. The van der Waals surface area contributed by atoms with E-state index in [0.29, 0.717) is 0 Å². The molecule has 1 unspecified atom stereocenters. The molecule has 0 aliphatic heterocycles. The Bertz CT molecular complexity index is 1140. The predicted molar refractivity (Wildman–Crippen MR) is 72.5 cm³/mol. The summed E-state index contributed by atoms with van der Waals surface area (Å²) in [4.78, 5) is 11.1. The molecule has 36 heavy (non-hydrogen) atoms. The molecule has 1 aromatic carbocycles. The Morgan fingerprint density at radius 3 is 1.22 bits per heavy atom. The van der Waals surface area contributed by atoms with Crippen molar-refractivity contribution in [1.29, 1.82) is 0 Å². The van der Waals surface area contributed by atoms with Gasteiger partial charge < -0.3 is 5.11 Å². The number of carboxylic acid groups (broad SMARTS) is 1. The van der Waals surface area contributed by atoms with Gasteiger partial charge in [0, 0.05) is 0 Å². The first kappa shape index (κ1) is 31.4. The summed E-state index contributed by atoms with van der Waals surface area (Å²) in [6, 6.07) is 0. The molecule has 0 aliphatic carbocycles. The van der Waals surface area contributed by atoms with Crippen LogP contribution in [0.3, 0.4) is 0 Å². The fourth-order valence-electron chi connectivity index (χ4n) is 2.14. The van der Waals surface area contributed by atoms with Crippen LogP contribution in [0, 0.1) is 29.1 Å². The third-order valence-electron chi connectivity index (χ3n) is 3.93. The summed E-state index contributed by atoms with van der Waals surface area (Å²) >= 11 is 0. The largest absolute Gasteiger partial charge is 0.479 e. The Labute approximate surface area is 184 Å². The summed E-state index contributed by atoms with van der Waals surface area (Å²) in [6.45, 7) is 0. The van der Waals surface area contributed by atoms with Crippen LogP contribution in [0.15, 0.2) is 0 Å². The summed E-state index contributed by atoms with van der Waals surface area (Å²) in [5, 5.41) is 0.465. The SMILES string of the molecule is O=C(O)C(OS(=O)(=O)C(F)(F)C(F)(F)C(F)(F)C(F)(F)F)(c1c(F)c(F)c(F)c(F)c1F)C(F)(F)F.